The predicted molar refractivity (Wildman–Crippen MR) is 108 cm³/mol. The number of carbonyl (C=O) groups excluding carboxylic acids is 3. The molecule has 4 amide bonds. The van der Waals surface area contributed by atoms with E-state index in [9.17, 15) is 14.4 Å². The van der Waals surface area contributed by atoms with Crippen molar-refractivity contribution in [2.75, 3.05) is 33.4 Å². The van der Waals surface area contributed by atoms with Gasteiger partial charge in [-0.25, -0.2) is 4.79 Å². The number of likely N-dealkylation sites (tertiary alicyclic amines) is 1. The summed E-state index contributed by atoms with van der Waals surface area (Å²) in [5, 5.41) is 0. The second-order valence-electron chi connectivity index (χ2n) is 8.64. The molecule has 0 unspecified atom stereocenters. The molecule has 158 valence electrons. The number of hydrogen-bond acceptors (Lipinski definition) is 4. The highest BCUT2D eigenvalue weighted by molar-refractivity contribution is 5.87. The molecule has 2 N–H and O–H groups in total. The van der Waals surface area contributed by atoms with Crippen LogP contribution in [0.1, 0.15) is 40.5 Å². The van der Waals surface area contributed by atoms with Gasteiger partial charge in [0, 0.05) is 38.3 Å². The Bertz CT molecular complexity index is 625. The van der Waals surface area contributed by atoms with Crippen molar-refractivity contribution in [1.82, 2.24) is 19.6 Å². The Morgan fingerprint density at radius 1 is 1.11 bits per heavy atom. The Morgan fingerprint density at radius 3 is 2.11 bits per heavy atom. The number of piperidine rings is 1. The van der Waals surface area contributed by atoms with E-state index in [1.807, 2.05) is 18.7 Å². The number of hydrogen-bond donors (Lipinski definition) is 1. The monoisotopic (exact) mass is 393 g/mol. The number of likely N-dealkylation sites (N-methyl/N-ethyl adjacent to an activating group) is 1. The zero-order valence-electron chi connectivity index (χ0n) is 17.9. The average molecular weight is 394 g/mol. The third kappa shape index (κ3) is 4.16. The van der Waals surface area contributed by atoms with E-state index >= 15 is 0 Å². The van der Waals surface area contributed by atoms with E-state index in [1.54, 1.807) is 11.9 Å². The molecule has 0 aromatic carbocycles. The lowest BCUT2D eigenvalue weighted by molar-refractivity contribution is -0.125. The van der Waals surface area contributed by atoms with Crippen molar-refractivity contribution in [1.29, 1.82) is 0 Å². The van der Waals surface area contributed by atoms with Gasteiger partial charge >= 0.3 is 6.03 Å². The molecule has 0 radical (unpaired) electrons. The Balaban J connectivity index is 2.10. The number of nitrogens with two attached hydrogens (primary N) is 1. The van der Waals surface area contributed by atoms with Crippen molar-refractivity contribution in [2.24, 2.45) is 11.7 Å². The van der Waals surface area contributed by atoms with Gasteiger partial charge in [-0.1, -0.05) is 20.4 Å². The fraction of sp³-hybridized carbons (Fsp3) is 0.750. The van der Waals surface area contributed by atoms with Crippen LogP contribution in [0.2, 0.25) is 0 Å². The van der Waals surface area contributed by atoms with Gasteiger partial charge in [-0.05, 0) is 38.7 Å². The topological polar surface area (TPSA) is 90.2 Å². The van der Waals surface area contributed by atoms with Crippen LogP contribution in [0.25, 0.3) is 0 Å². The third-order valence-corrected chi connectivity index (χ3v) is 6.13. The molecule has 2 rings (SSSR count). The lowest BCUT2D eigenvalue weighted by Gasteiger charge is -2.46. The maximum absolute atomic E-state index is 12.9. The maximum atomic E-state index is 12.9. The van der Waals surface area contributed by atoms with Crippen molar-refractivity contribution in [2.45, 2.75) is 58.2 Å². The normalized spacial score (nSPS) is 20.7. The van der Waals surface area contributed by atoms with Gasteiger partial charge in [0.05, 0.1) is 6.67 Å². The smallest absolute Gasteiger partial charge is 0.320 e. The molecule has 2 saturated heterocycles. The van der Waals surface area contributed by atoms with E-state index in [0.29, 0.717) is 32.3 Å². The largest absolute Gasteiger partial charge is 0.368 e. The lowest BCUT2D eigenvalue weighted by atomic mass is 9.86. The van der Waals surface area contributed by atoms with Crippen LogP contribution >= 0.6 is 0 Å². The Morgan fingerprint density at radius 2 is 1.68 bits per heavy atom. The summed E-state index contributed by atoms with van der Waals surface area (Å²) in [6, 6.07) is -0.490. The number of primary amides is 1. The molecule has 8 nitrogen and oxygen atoms in total. The number of rotatable bonds is 5. The second kappa shape index (κ2) is 8.51. The van der Waals surface area contributed by atoms with E-state index in [2.05, 4.69) is 25.3 Å². The molecule has 0 saturated carbocycles. The minimum absolute atomic E-state index is 0.0488. The molecule has 0 aliphatic carbocycles. The molecule has 2 heterocycles. The fourth-order valence-electron chi connectivity index (χ4n) is 4.69. The van der Waals surface area contributed by atoms with E-state index in [4.69, 9.17) is 5.73 Å². The maximum Gasteiger partial charge on any atom is 0.320 e. The van der Waals surface area contributed by atoms with Crippen molar-refractivity contribution in [3.63, 3.8) is 0 Å². The molecule has 8 heteroatoms. The van der Waals surface area contributed by atoms with Crippen LogP contribution in [0.15, 0.2) is 12.7 Å². The molecule has 28 heavy (non-hydrogen) atoms. The number of nitrogens with zero attached hydrogens (tertiary/aromatic N) is 4. The predicted octanol–water partition coefficient (Wildman–Crippen LogP) is 1.08. The summed E-state index contributed by atoms with van der Waals surface area (Å²) in [6.45, 7) is 14.1. The second-order valence-corrected chi connectivity index (χ2v) is 8.64. The molecule has 0 bridgehead atoms. The molecule has 0 aromatic heterocycles. The fourth-order valence-corrected chi connectivity index (χ4v) is 4.69. The molecular formula is C20H35N5O3. The van der Waals surface area contributed by atoms with Gasteiger partial charge in [-0.15, -0.1) is 0 Å². The highest BCUT2D eigenvalue weighted by Crippen LogP contribution is 2.36. The summed E-state index contributed by atoms with van der Waals surface area (Å²) >= 11 is 0. The summed E-state index contributed by atoms with van der Waals surface area (Å²) in [5.41, 5.74) is 5.38. The van der Waals surface area contributed by atoms with Gasteiger partial charge < -0.3 is 20.4 Å². The zero-order valence-corrected chi connectivity index (χ0v) is 17.9. The first kappa shape index (κ1) is 22.2. The average Bonchev–Trinajstić information content (AvgIpc) is 2.99. The van der Waals surface area contributed by atoms with Crippen LogP contribution in [-0.4, -0.2) is 88.4 Å². The first-order chi connectivity index (χ1) is 13.0. The number of amides is 4. The highest BCUT2D eigenvalue weighted by atomic mass is 16.2. The van der Waals surface area contributed by atoms with E-state index in [1.165, 1.54) is 11.0 Å². The molecule has 2 fully saturated rings. The molecule has 0 aromatic rings. The van der Waals surface area contributed by atoms with Crippen LogP contribution in [0.4, 0.5) is 4.79 Å². The van der Waals surface area contributed by atoms with Crippen molar-refractivity contribution < 1.29 is 14.4 Å². The van der Waals surface area contributed by atoms with Gasteiger partial charge in [-0.2, -0.15) is 0 Å². The molecular weight excluding hydrogens is 358 g/mol. The van der Waals surface area contributed by atoms with Crippen molar-refractivity contribution in [3.05, 3.63) is 12.7 Å². The minimum atomic E-state index is -0.622. The van der Waals surface area contributed by atoms with Gasteiger partial charge in [-0.3, -0.25) is 14.5 Å². The van der Waals surface area contributed by atoms with Crippen LogP contribution in [0.3, 0.4) is 0 Å². The Labute approximate surface area is 168 Å². The Hall–Kier alpha value is -2.09. The SMILES string of the molecule is C=CC(=O)N1CN(C(C)C)C2(CCN(C(=O)N(C)[C@H](C(N)=O)C(C)C)CC2)C1. The highest BCUT2D eigenvalue weighted by Gasteiger charge is 2.49. The standard InChI is InChI=1S/C20H35N5O3/c1-7-16(26)24-12-20(25(13-24)15(4)5)8-10-23(11-9-20)19(28)22(6)17(14(2)3)18(21)27/h7,14-15,17H,1,8-13H2,2-6H3,(H2,21,27)/t17-/m0/s1. The van der Waals surface area contributed by atoms with Crippen LogP contribution in [0.5, 0.6) is 0 Å². The van der Waals surface area contributed by atoms with E-state index < -0.39 is 11.9 Å². The summed E-state index contributed by atoms with van der Waals surface area (Å²) in [7, 11) is 1.64. The van der Waals surface area contributed by atoms with Crippen molar-refractivity contribution >= 4 is 17.8 Å². The molecule has 2 aliphatic rings. The summed E-state index contributed by atoms with van der Waals surface area (Å²) in [5.74, 6) is -0.589. The zero-order chi connectivity index (χ0) is 21.2. The van der Waals surface area contributed by atoms with E-state index in [-0.39, 0.29) is 23.4 Å². The van der Waals surface area contributed by atoms with Gasteiger partial charge in [0.1, 0.15) is 6.04 Å². The first-order valence-electron chi connectivity index (χ1n) is 10.0. The molecule has 2 aliphatic heterocycles. The Kier molecular flexibility index (Phi) is 6.75. The number of urea groups is 1. The van der Waals surface area contributed by atoms with Crippen LogP contribution < -0.4 is 5.73 Å². The van der Waals surface area contributed by atoms with E-state index in [0.717, 1.165) is 12.8 Å². The van der Waals surface area contributed by atoms with Crippen LogP contribution in [-0.2, 0) is 9.59 Å². The quantitative estimate of drug-likeness (QED) is 0.708. The molecule has 1 spiro atoms. The summed E-state index contributed by atoms with van der Waals surface area (Å²) < 4.78 is 0. The lowest BCUT2D eigenvalue weighted by Crippen LogP contribution is -2.59. The van der Waals surface area contributed by atoms with Gasteiger partial charge in [0.25, 0.3) is 0 Å². The van der Waals surface area contributed by atoms with Gasteiger partial charge in [0.15, 0.2) is 0 Å². The first-order valence-corrected chi connectivity index (χ1v) is 10.0. The number of carbonyl (C=O) groups is 3. The minimum Gasteiger partial charge on any atom is -0.368 e. The van der Waals surface area contributed by atoms with Gasteiger partial charge in [0.2, 0.25) is 11.8 Å². The van der Waals surface area contributed by atoms with Crippen molar-refractivity contribution in [3.8, 4) is 0 Å². The van der Waals surface area contributed by atoms with Crippen LogP contribution in [0, 0.1) is 5.92 Å². The third-order valence-electron chi connectivity index (χ3n) is 6.13. The summed E-state index contributed by atoms with van der Waals surface area (Å²) in [4.78, 5) is 44.3. The molecule has 1 atom stereocenters. The summed E-state index contributed by atoms with van der Waals surface area (Å²) in [6.07, 6.45) is 2.93.